The van der Waals surface area contributed by atoms with Crippen LogP contribution in [0.25, 0.3) is 0 Å². The first-order valence-electron chi connectivity index (χ1n) is 4.39. The van der Waals surface area contributed by atoms with E-state index in [9.17, 15) is 18.0 Å². The fourth-order valence-electron chi connectivity index (χ4n) is 0.931. The first-order chi connectivity index (χ1) is 7.29. The van der Waals surface area contributed by atoms with Crippen LogP contribution in [-0.2, 0) is 6.18 Å². The Morgan fingerprint density at radius 1 is 1.62 bits per heavy atom. The minimum Gasteiger partial charge on any atom is -0.392 e. The first kappa shape index (κ1) is 12.5. The van der Waals surface area contributed by atoms with Gasteiger partial charge in [0.2, 0.25) is 5.95 Å². The van der Waals surface area contributed by atoms with E-state index >= 15 is 0 Å². The number of aromatic nitrogens is 2. The third-order valence-corrected chi connectivity index (χ3v) is 1.60. The molecular weight excluding hydrogens is 227 g/mol. The Morgan fingerprint density at radius 3 is 2.75 bits per heavy atom. The molecule has 8 heteroatoms. The summed E-state index contributed by atoms with van der Waals surface area (Å²) in [6.45, 7) is 1.43. The largest absolute Gasteiger partial charge is 0.433 e. The summed E-state index contributed by atoms with van der Waals surface area (Å²) in [5.74, 6) is -0.319. The topological polar surface area (TPSA) is 78.0 Å². The fourth-order valence-corrected chi connectivity index (χ4v) is 0.931. The van der Waals surface area contributed by atoms with Gasteiger partial charge in [0.05, 0.1) is 6.10 Å². The first-order valence-corrected chi connectivity index (χ1v) is 4.39. The standard InChI is InChI=1S/C8H10F3N3O2/c1-4(15)3-12-7-13-5(8(9,10)11)2-6(16)14-7/h2,4,15H,3H2,1H3,(H2,12,13,14,16). The van der Waals surface area contributed by atoms with Gasteiger partial charge >= 0.3 is 6.18 Å². The van der Waals surface area contributed by atoms with Gasteiger partial charge in [-0.15, -0.1) is 0 Å². The molecule has 0 aliphatic heterocycles. The van der Waals surface area contributed by atoms with Crippen molar-refractivity contribution < 1.29 is 18.3 Å². The Bertz CT molecular complexity index is 414. The molecule has 3 N–H and O–H groups in total. The lowest BCUT2D eigenvalue weighted by atomic mass is 10.4. The Morgan fingerprint density at radius 2 is 2.25 bits per heavy atom. The van der Waals surface area contributed by atoms with E-state index in [0.29, 0.717) is 6.07 Å². The van der Waals surface area contributed by atoms with Crippen molar-refractivity contribution in [2.45, 2.75) is 19.2 Å². The maximum absolute atomic E-state index is 12.3. The van der Waals surface area contributed by atoms with Crippen molar-refractivity contribution in [3.05, 3.63) is 22.1 Å². The molecule has 0 aliphatic rings. The lowest BCUT2D eigenvalue weighted by Gasteiger charge is -2.09. The Balaban J connectivity index is 2.95. The van der Waals surface area contributed by atoms with E-state index in [1.165, 1.54) is 6.92 Å². The van der Waals surface area contributed by atoms with E-state index in [4.69, 9.17) is 5.11 Å². The van der Waals surface area contributed by atoms with Gasteiger partial charge in [0.1, 0.15) is 0 Å². The van der Waals surface area contributed by atoms with Crippen LogP contribution in [0, 0.1) is 0 Å². The molecular formula is C8H10F3N3O2. The summed E-state index contributed by atoms with van der Waals surface area (Å²) in [5.41, 5.74) is -2.18. The van der Waals surface area contributed by atoms with Crippen LogP contribution in [0.15, 0.2) is 10.9 Å². The number of aliphatic hydroxyl groups excluding tert-OH is 1. The highest BCUT2D eigenvalue weighted by Crippen LogP contribution is 2.26. The molecule has 16 heavy (non-hydrogen) atoms. The van der Waals surface area contributed by atoms with Crippen LogP contribution in [0.3, 0.4) is 0 Å². The molecule has 1 unspecified atom stereocenters. The number of alkyl halides is 3. The maximum Gasteiger partial charge on any atom is 0.433 e. The number of rotatable bonds is 3. The molecule has 0 saturated carbocycles. The van der Waals surface area contributed by atoms with Crippen LogP contribution in [0.2, 0.25) is 0 Å². The van der Waals surface area contributed by atoms with E-state index in [0.717, 1.165) is 0 Å². The third kappa shape index (κ3) is 3.54. The Hall–Kier alpha value is -1.57. The molecule has 0 bridgehead atoms. The van der Waals surface area contributed by atoms with Crippen LogP contribution in [0.5, 0.6) is 0 Å². The van der Waals surface area contributed by atoms with E-state index in [1.54, 1.807) is 0 Å². The van der Waals surface area contributed by atoms with Gasteiger partial charge in [0.25, 0.3) is 5.56 Å². The number of aromatic amines is 1. The van der Waals surface area contributed by atoms with Crippen molar-refractivity contribution in [2.75, 3.05) is 11.9 Å². The summed E-state index contributed by atoms with van der Waals surface area (Å²) in [6, 6.07) is 0.369. The molecule has 1 heterocycles. The highest BCUT2D eigenvalue weighted by atomic mass is 19.4. The number of H-pyrrole nitrogens is 1. The van der Waals surface area contributed by atoms with Gasteiger partial charge in [0.15, 0.2) is 5.69 Å². The maximum atomic E-state index is 12.3. The summed E-state index contributed by atoms with van der Waals surface area (Å²) in [6.07, 6.45) is -5.44. The molecule has 0 aliphatic carbocycles. The molecule has 0 aromatic carbocycles. The highest BCUT2D eigenvalue weighted by Gasteiger charge is 2.33. The van der Waals surface area contributed by atoms with E-state index in [2.05, 4.69) is 15.3 Å². The van der Waals surface area contributed by atoms with Crippen LogP contribution in [0.4, 0.5) is 19.1 Å². The number of aliphatic hydroxyl groups is 1. The van der Waals surface area contributed by atoms with Crippen LogP contribution in [0.1, 0.15) is 12.6 Å². The monoisotopic (exact) mass is 237 g/mol. The van der Waals surface area contributed by atoms with Gasteiger partial charge in [-0.2, -0.15) is 13.2 Å². The second-order valence-corrected chi connectivity index (χ2v) is 3.21. The van der Waals surface area contributed by atoms with Gasteiger partial charge in [-0.1, -0.05) is 0 Å². The summed E-state index contributed by atoms with van der Waals surface area (Å²) >= 11 is 0. The predicted molar refractivity (Wildman–Crippen MR) is 50.0 cm³/mol. The van der Waals surface area contributed by atoms with Crippen molar-refractivity contribution in [3.8, 4) is 0 Å². The van der Waals surface area contributed by atoms with Crippen LogP contribution < -0.4 is 10.9 Å². The average molecular weight is 237 g/mol. The van der Waals surface area contributed by atoms with Gasteiger partial charge in [-0.3, -0.25) is 9.78 Å². The lowest BCUT2D eigenvalue weighted by Crippen LogP contribution is -2.22. The van der Waals surface area contributed by atoms with Crippen molar-refractivity contribution in [1.82, 2.24) is 9.97 Å². The number of nitrogens with zero attached hydrogens (tertiary/aromatic N) is 1. The lowest BCUT2D eigenvalue weighted by molar-refractivity contribution is -0.141. The molecule has 90 valence electrons. The van der Waals surface area contributed by atoms with Crippen molar-refractivity contribution in [1.29, 1.82) is 0 Å². The summed E-state index contributed by atoms with van der Waals surface area (Å²) in [7, 11) is 0. The predicted octanol–water partition coefficient (Wildman–Crippen LogP) is 0.581. The van der Waals surface area contributed by atoms with E-state index < -0.39 is 23.5 Å². The van der Waals surface area contributed by atoms with Crippen LogP contribution in [-0.4, -0.2) is 27.7 Å². The van der Waals surface area contributed by atoms with Gasteiger partial charge in [0, 0.05) is 12.6 Å². The second kappa shape index (κ2) is 4.52. The number of anilines is 1. The quantitative estimate of drug-likeness (QED) is 0.718. The number of nitrogens with one attached hydrogen (secondary N) is 2. The van der Waals surface area contributed by atoms with Crippen molar-refractivity contribution >= 4 is 5.95 Å². The van der Waals surface area contributed by atoms with E-state index in [1.807, 2.05) is 0 Å². The second-order valence-electron chi connectivity index (χ2n) is 3.21. The Labute approximate surface area is 88.3 Å². The zero-order valence-electron chi connectivity index (χ0n) is 8.30. The minimum atomic E-state index is -4.67. The van der Waals surface area contributed by atoms with Crippen molar-refractivity contribution in [3.63, 3.8) is 0 Å². The average Bonchev–Trinajstić information content (AvgIpc) is 2.12. The molecule has 1 aromatic rings. The molecule has 0 radical (unpaired) electrons. The summed E-state index contributed by atoms with van der Waals surface area (Å²) in [4.78, 5) is 16.2. The minimum absolute atomic E-state index is 0.00967. The molecule has 1 atom stereocenters. The van der Waals surface area contributed by atoms with Crippen LogP contribution >= 0.6 is 0 Å². The molecule has 1 rings (SSSR count). The molecule has 0 fully saturated rings. The Kier molecular flexibility index (Phi) is 3.53. The zero-order chi connectivity index (χ0) is 12.3. The normalized spacial score (nSPS) is 13.6. The summed E-state index contributed by atoms with van der Waals surface area (Å²) < 4.78 is 36.8. The summed E-state index contributed by atoms with van der Waals surface area (Å²) in [5, 5.41) is 11.3. The SMILES string of the molecule is CC(O)CNc1nc(C(F)(F)F)cc(=O)[nH]1. The van der Waals surface area contributed by atoms with Gasteiger partial charge in [-0.05, 0) is 6.92 Å². The van der Waals surface area contributed by atoms with Crippen molar-refractivity contribution in [2.24, 2.45) is 0 Å². The van der Waals surface area contributed by atoms with Gasteiger partial charge < -0.3 is 10.4 Å². The highest BCUT2D eigenvalue weighted by molar-refractivity contribution is 5.26. The number of hydrogen-bond acceptors (Lipinski definition) is 4. The van der Waals surface area contributed by atoms with E-state index in [-0.39, 0.29) is 12.5 Å². The van der Waals surface area contributed by atoms with Gasteiger partial charge in [-0.25, -0.2) is 4.98 Å². The molecule has 0 spiro atoms. The molecule has 1 aromatic heterocycles. The smallest absolute Gasteiger partial charge is 0.392 e. The number of halogens is 3. The number of hydrogen-bond donors (Lipinski definition) is 3. The fraction of sp³-hybridized carbons (Fsp3) is 0.500. The molecule has 0 amide bonds. The molecule has 0 saturated heterocycles. The zero-order valence-corrected chi connectivity index (χ0v) is 8.30. The third-order valence-electron chi connectivity index (χ3n) is 1.60. The molecule has 5 nitrogen and oxygen atoms in total.